The first-order valence-electron chi connectivity index (χ1n) is 9.54. The van der Waals surface area contributed by atoms with Crippen molar-refractivity contribution in [2.24, 2.45) is 0 Å². The van der Waals surface area contributed by atoms with Crippen molar-refractivity contribution in [3.63, 3.8) is 0 Å². The van der Waals surface area contributed by atoms with Crippen LogP contribution in [0.1, 0.15) is 36.1 Å². The van der Waals surface area contributed by atoms with Crippen molar-refractivity contribution in [3.05, 3.63) is 87.5 Å². The van der Waals surface area contributed by atoms with Crippen LogP contribution in [-0.4, -0.2) is 15.7 Å². The first kappa shape index (κ1) is 20.5. The van der Waals surface area contributed by atoms with Gasteiger partial charge in [0.25, 0.3) is 5.56 Å². The Kier molecular flexibility index (Phi) is 6.22. The fourth-order valence-corrected chi connectivity index (χ4v) is 3.02. The molecule has 1 atom stereocenters. The average Bonchev–Trinajstić information content (AvgIpc) is 2.70. The number of amides is 1. The summed E-state index contributed by atoms with van der Waals surface area (Å²) in [4.78, 5) is 24.4. The lowest BCUT2D eigenvalue weighted by Crippen LogP contribution is -2.30. The molecular weight excluding hydrogens is 369 g/mol. The Morgan fingerprint density at radius 1 is 1.07 bits per heavy atom. The third-order valence-electron chi connectivity index (χ3n) is 4.97. The fraction of sp³-hybridized carbons (Fsp3) is 0.261. The number of carbonyl (C=O) groups is 1. The zero-order valence-electron chi connectivity index (χ0n) is 16.8. The van der Waals surface area contributed by atoms with Crippen molar-refractivity contribution < 1.29 is 9.18 Å². The molecule has 29 heavy (non-hydrogen) atoms. The van der Waals surface area contributed by atoms with Crippen molar-refractivity contribution in [1.82, 2.24) is 15.1 Å². The molecular formula is C23H24FN3O2. The van der Waals surface area contributed by atoms with Gasteiger partial charge in [0.05, 0.1) is 18.3 Å². The quantitative estimate of drug-likeness (QED) is 0.690. The van der Waals surface area contributed by atoms with E-state index in [1.807, 2.05) is 39.0 Å². The minimum absolute atomic E-state index is 0.120. The number of benzene rings is 2. The van der Waals surface area contributed by atoms with Gasteiger partial charge in [-0.05, 0) is 61.7 Å². The minimum atomic E-state index is -0.318. The van der Waals surface area contributed by atoms with Gasteiger partial charge < -0.3 is 5.32 Å². The summed E-state index contributed by atoms with van der Waals surface area (Å²) in [6.45, 7) is 6.08. The van der Waals surface area contributed by atoms with E-state index in [-0.39, 0.29) is 36.3 Å². The van der Waals surface area contributed by atoms with E-state index in [0.29, 0.717) is 5.69 Å². The molecule has 0 spiro atoms. The second-order valence-corrected chi connectivity index (χ2v) is 7.17. The second-order valence-electron chi connectivity index (χ2n) is 7.17. The predicted octanol–water partition coefficient (Wildman–Crippen LogP) is 3.93. The predicted molar refractivity (Wildman–Crippen MR) is 111 cm³/mol. The molecule has 0 aliphatic carbocycles. The monoisotopic (exact) mass is 393 g/mol. The molecule has 2 aromatic carbocycles. The van der Waals surface area contributed by atoms with Crippen LogP contribution in [0.5, 0.6) is 0 Å². The van der Waals surface area contributed by atoms with Crippen LogP contribution in [0.4, 0.5) is 4.39 Å². The van der Waals surface area contributed by atoms with Crippen molar-refractivity contribution in [2.75, 3.05) is 0 Å². The van der Waals surface area contributed by atoms with Gasteiger partial charge in [0.2, 0.25) is 5.91 Å². The van der Waals surface area contributed by atoms with Gasteiger partial charge in [-0.1, -0.05) is 24.3 Å². The Hall–Kier alpha value is -3.28. The highest BCUT2D eigenvalue weighted by Gasteiger charge is 2.11. The molecule has 3 aromatic rings. The van der Waals surface area contributed by atoms with Gasteiger partial charge in [-0.2, -0.15) is 5.10 Å². The van der Waals surface area contributed by atoms with Crippen LogP contribution in [0.2, 0.25) is 0 Å². The van der Waals surface area contributed by atoms with Gasteiger partial charge in [0, 0.05) is 18.1 Å². The molecule has 3 rings (SSSR count). The summed E-state index contributed by atoms with van der Waals surface area (Å²) >= 11 is 0. The van der Waals surface area contributed by atoms with Gasteiger partial charge >= 0.3 is 0 Å². The van der Waals surface area contributed by atoms with Gasteiger partial charge in [-0.25, -0.2) is 9.07 Å². The van der Waals surface area contributed by atoms with E-state index in [4.69, 9.17) is 0 Å². The van der Waals surface area contributed by atoms with Crippen molar-refractivity contribution >= 4 is 5.91 Å². The summed E-state index contributed by atoms with van der Waals surface area (Å²) < 4.78 is 14.3. The number of halogens is 1. The smallest absolute Gasteiger partial charge is 0.266 e. The van der Waals surface area contributed by atoms with Crippen LogP contribution in [-0.2, 0) is 11.3 Å². The zero-order chi connectivity index (χ0) is 21.0. The highest BCUT2D eigenvalue weighted by molar-refractivity contribution is 5.76. The van der Waals surface area contributed by atoms with Crippen LogP contribution in [0, 0.1) is 19.7 Å². The maximum atomic E-state index is 13.0. The van der Waals surface area contributed by atoms with Crippen molar-refractivity contribution in [2.45, 2.75) is 39.8 Å². The zero-order valence-corrected chi connectivity index (χ0v) is 16.8. The summed E-state index contributed by atoms with van der Waals surface area (Å²) in [7, 11) is 0. The second kappa shape index (κ2) is 8.82. The van der Waals surface area contributed by atoms with E-state index >= 15 is 0 Å². The van der Waals surface area contributed by atoms with E-state index in [9.17, 15) is 14.0 Å². The summed E-state index contributed by atoms with van der Waals surface area (Å²) in [6, 6.07) is 14.9. The lowest BCUT2D eigenvalue weighted by molar-refractivity contribution is -0.122. The topological polar surface area (TPSA) is 64.0 Å². The number of hydrogen-bond acceptors (Lipinski definition) is 3. The molecule has 150 valence electrons. The SMILES string of the molecule is Cc1ccc(-c2ccc(=O)n(CCC(=O)N[C@H](C)c3ccc(F)cc3)n2)cc1C. The molecule has 0 aliphatic rings. The molecule has 0 aliphatic heterocycles. The average molecular weight is 393 g/mol. The minimum Gasteiger partial charge on any atom is -0.350 e. The van der Waals surface area contributed by atoms with Crippen LogP contribution in [0.3, 0.4) is 0 Å². The summed E-state index contributed by atoms with van der Waals surface area (Å²) in [6.07, 6.45) is 0.120. The highest BCUT2D eigenvalue weighted by Crippen LogP contribution is 2.19. The Morgan fingerprint density at radius 3 is 2.48 bits per heavy atom. The lowest BCUT2D eigenvalue weighted by atomic mass is 10.0. The fourth-order valence-electron chi connectivity index (χ4n) is 3.02. The Bertz CT molecular complexity index is 1070. The summed E-state index contributed by atoms with van der Waals surface area (Å²) in [5, 5.41) is 7.28. The lowest BCUT2D eigenvalue weighted by Gasteiger charge is -2.14. The first-order valence-corrected chi connectivity index (χ1v) is 9.54. The van der Waals surface area contributed by atoms with Crippen LogP contribution in [0.25, 0.3) is 11.3 Å². The Labute approximate surface area is 169 Å². The number of aromatic nitrogens is 2. The molecule has 1 aromatic heterocycles. The number of carbonyl (C=O) groups excluding carboxylic acids is 1. The molecule has 0 radical (unpaired) electrons. The van der Waals surface area contributed by atoms with E-state index in [1.165, 1.54) is 28.4 Å². The normalized spacial score (nSPS) is 11.9. The first-order chi connectivity index (χ1) is 13.8. The number of rotatable bonds is 6. The standard InChI is InChI=1S/C23H24FN3O2/c1-15-4-5-19(14-16(15)2)21-10-11-23(29)27(26-21)13-12-22(28)25-17(3)18-6-8-20(24)9-7-18/h4-11,14,17H,12-13H2,1-3H3,(H,25,28)/t17-/m1/s1. The maximum Gasteiger partial charge on any atom is 0.266 e. The van der Waals surface area contributed by atoms with E-state index in [0.717, 1.165) is 16.7 Å². The number of nitrogens with zero attached hydrogens (tertiary/aromatic N) is 2. The molecule has 1 amide bonds. The Morgan fingerprint density at radius 2 is 1.79 bits per heavy atom. The largest absolute Gasteiger partial charge is 0.350 e. The van der Waals surface area contributed by atoms with Gasteiger partial charge in [-0.15, -0.1) is 0 Å². The molecule has 0 bridgehead atoms. The van der Waals surface area contributed by atoms with Crippen LogP contribution in [0.15, 0.2) is 59.4 Å². The third-order valence-corrected chi connectivity index (χ3v) is 4.97. The van der Waals surface area contributed by atoms with E-state index < -0.39 is 0 Å². The van der Waals surface area contributed by atoms with E-state index in [1.54, 1.807) is 18.2 Å². The number of aryl methyl sites for hydroxylation is 3. The molecule has 0 saturated heterocycles. The summed E-state index contributed by atoms with van der Waals surface area (Å²) in [5.41, 5.74) is 4.51. The molecule has 0 unspecified atom stereocenters. The molecule has 1 heterocycles. The molecule has 5 nitrogen and oxygen atoms in total. The number of nitrogens with one attached hydrogen (secondary N) is 1. The summed E-state index contributed by atoms with van der Waals surface area (Å²) in [5.74, 6) is -0.520. The van der Waals surface area contributed by atoms with Crippen molar-refractivity contribution in [1.29, 1.82) is 0 Å². The van der Waals surface area contributed by atoms with E-state index in [2.05, 4.69) is 10.4 Å². The molecule has 0 saturated carbocycles. The van der Waals surface area contributed by atoms with Gasteiger partial charge in [0.15, 0.2) is 0 Å². The number of hydrogen-bond donors (Lipinski definition) is 1. The molecule has 6 heteroatoms. The van der Waals surface area contributed by atoms with Crippen LogP contribution < -0.4 is 10.9 Å². The van der Waals surface area contributed by atoms with Crippen LogP contribution >= 0.6 is 0 Å². The highest BCUT2D eigenvalue weighted by atomic mass is 19.1. The maximum absolute atomic E-state index is 13.0. The third kappa shape index (κ3) is 5.16. The van der Waals surface area contributed by atoms with Gasteiger partial charge in [0.1, 0.15) is 5.82 Å². The Balaban J connectivity index is 1.66. The molecule has 1 N–H and O–H groups in total. The molecule has 0 fully saturated rings. The van der Waals surface area contributed by atoms with Gasteiger partial charge in [-0.3, -0.25) is 9.59 Å². The van der Waals surface area contributed by atoms with Crippen molar-refractivity contribution in [3.8, 4) is 11.3 Å².